The van der Waals surface area contributed by atoms with Crippen molar-refractivity contribution >= 4 is 10.0 Å². The van der Waals surface area contributed by atoms with Gasteiger partial charge >= 0.3 is 0 Å². The summed E-state index contributed by atoms with van der Waals surface area (Å²) >= 11 is 0. The van der Waals surface area contributed by atoms with E-state index in [9.17, 15) is 8.42 Å². The van der Waals surface area contributed by atoms with E-state index < -0.39 is 10.0 Å². The topological polar surface area (TPSA) is 55.4 Å². The van der Waals surface area contributed by atoms with Crippen molar-refractivity contribution in [3.8, 4) is 5.75 Å². The van der Waals surface area contributed by atoms with E-state index in [0.717, 1.165) is 24.2 Å². The van der Waals surface area contributed by atoms with E-state index in [2.05, 4.69) is 4.72 Å². The Bertz CT molecular complexity index is 491. The Morgan fingerprint density at radius 3 is 2.44 bits per heavy atom. The summed E-state index contributed by atoms with van der Waals surface area (Å²) in [5.41, 5.74) is 0.933. The Kier molecular flexibility index (Phi) is 3.92. The van der Waals surface area contributed by atoms with Crippen LogP contribution in [0.5, 0.6) is 5.75 Å². The molecule has 0 aromatic heterocycles. The van der Waals surface area contributed by atoms with E-state index in [4.69, 9.17) is 4.74 Å². The van der Waals surface area contributed by atoms with Gasteiger partial charge in [-0.05, 0) is 43.4 Å². The summed E-state index contributed by atoms with van der Waals surface area (Å²) in [5, 5.41) is -0.282. The minimum atomic E-state index is -3.19. The molecule has 1 aliphatic rings. The zero-order chi connectivity index (χ0) is 13.2. The number of ether oxygens (including phenoxy) is 1. The number of benzene rings is 1. The predicted molar refractivity (Wildman–Crippen MR) is 70.9 cm³/mol. The number of hydrogen-bond donors (Lipinski definition) is 1. The molecule has 4 nitrogen and oxygen atoms in total. The highest BCUT2D eigenvalue weighted by Crippen LogP contribution is 2.35. The molecule has 100 valence electrons. The summed E-state index contributed by atoms with van der Waals surface area (Å²) in [6.07, 6.45) is 2.06. The van der Waals surface area contributed by atoms with E-state index in [1.165, 1.54) is 0 Å². The van der Waals surface area contributed by atoms with Gasteiger partial charge in [0.05, 0.1) is 12.4 Å². The Morgan fingerprint density at radius 2 is 1.94 bits per heavy atom. The van der Waals surface area contributed by atoms with Gasteiger partial charge in [-0.25, -0.2) is 13.1 Å². The van der Waals surface area contributed by atoms with E-state index in [-0.39, 0.29) is 5.25 Å². The van der Waals surface area contributed by atoms with Crippen molar-refractivity contribution < 1.29 is 13.2 Å². The second-order valence-corrected chi connectivity index (χ2v) is 6.88. The Hall–Kier alpha value is -1.07. The number of rotatable bonds is 6. The maximum atomic E-state index is 12.0. The van der Waals surface area contributed by atoms with Crippen LogP contribution in [-0.2, 0) is 16.6 Å². The third-order valence-electron chi connectivity index (χ3n) is 3.41. The lowest BCUT2D eigenvalue weighted by Gasteiger charge is -2.13. The molecule has 18 heavy (non-hydrogen) atoms. The monoisotopic (exact) mass is 269 g/mol. The molecule has 2 rings (SSSR count). The maximum Gasteiger partial charge on any atom is 0.214 e. The molecule has 1 N–H and O–H groups in total. The van der Waals surface area contributed by atoms with Crippen LogP contribution in [0.3, 0.4) is 0 Å². The molecule has 0 radical (unpaired) electrons. The van der Waals surface area contributed by atoms with Crippen LogP contribution < -0.4 is 9.46 Å². The molecule has 1 aliphatic carbocycles. The first-order valence-corrected chi connectivity index (χ1v) is 7.69. The molecule has 0 bridgehead atoms. The molecule has 0 heterocycles. The van der Waals surface area contributed by atoms with Crippen LogP contribution in [0.25, 0.3) is 0 Å². The molecule has 1 unspecified atom stereocenters. The largest absolute Gasteiger partial charge is 0.497 e. The lowest BCUT2D eigenvalue weighted by Crippen LogP contribution is -2.33. The molecule has 0 aliphatic heterocycles. The molecule has 1 aromatic carbocycles. The molecule has 1 aromatic rings. The molecule has 0 saturated heterocycles. The van der Waals surface area contributed by atoms with Crippen LogP contribution >= 0.6 is 0 Å². The molecule has 0 amide bonds. The standard InChI is InChI=1S/C13H19NO3S/c1-10(12-5-6-12)18(15,16)14-9-11-3-7-13(17-2)8-4-11/h3-4,7-8,10,12,14H,5-6,9H2,1-2H3. The van der Waals surface area contributed by atoms with Gasteiger partial charge in [0, 0.05) is 6.54 Å². The highest BCUT2D eigenvalue weighted by molar-refractivity contribution is 7.90. The normalized spacial score (nSPS) is 17.4. The molecular weight excluding hydrogens is 250 g/mol. The van der Waals surface area contributed by atoms with Gasteiger partial charge in [-0.3, -0.25) is 0 Å². The number of methoxy groups -OCH3 is 1. The lowest BCUT2D eigenvalue weighted by atomic mass is 10.2. The quantitative estimate of drug-likeness (QED) is 0.858. The first-order valence-electron chi connectivity index (χ1n) is 6.14. The van der Waals surface area contributed by atoms with Crippen molar-refractivity contribution in [2.75, 3.05) is 7.11 Å². The van der Waals surface area contributed by atoms with Gasteiger partial charge < -0.3 is 4.74 Å². The second kappa shape index (κ2) is 5.28. The van der Waals surface area contributed by atoms with Crippen LogP contribution in [0.15, 0.2) is 24.3 Å². The van der Waals surface area contributed by atoms with Gasteiger partial charge in [-0.2, -0.15) is 0 Å². The van der Waals surface area contributed by atoms with E-state index in [0.29, 0.717) is 12.5 Å². The zero-order valence-electron chi connectivity index (χ0n) is 10.7. The third-order valence-corrected chi connectivity index (χ3v) is 5.32. The molecular formula is C13H19NO3S. The van der Waals surface area contributed by atoms with Gasteiger partial charge in [-0.1, -0.05) is 12.1 Å². The third kappa shape index (κ3) is 3.23. The van der Waals surface area contributed by atoms with Gasteiger partial charge in [0.15, 0.2) is 0 Å². The van der Waals surface area contributed by atoms with Crippen molar-refractivity contribution in [1.29, 1.82) is 0 Å². The van der Waals surface area contributed by atoms with E-state index >= 15 is 0 Å². The summed E-state index contributed by atoms with van der Waals surface area (Å²) in [6.45, 7) is 2.12. The smallest absolute Gasteiger partial charge is 0.214 e. The van der Waals surface area contributed by atoms with Gasteiger partial charge in [0.1, 0.15) is 5.75 Å². The van der Waals surface area contributed by atoms with Crippen molar-refractivity contribution in [1.82, 2.24) is 4.72 Å². The fourth-order valence-electron chi connectivity index (χ4n) is 1.88. The summed E-state index contributed by atoms with van der Waals surface area (Å²) in [7, 11) is -1.59. The second-order valence-electron chi connectivity index (χ2n) is 4.76. The van der Waals surface area contributed by atoms with Crippen molar-refractivity contribution in [3.63, 3.8) is 0 Å². The van der Waals surface area contributed by atoms with E-state index in [1.807, 2.05) is 24.3 Å². The lowest BCUT2D eigenvalue weighted by molar-refractivity contribution is 0.414. The Labute approximate surface area is 108 Å². The fraction of sp³-hybridized carbons (Fsp3) is 0.538. The fourth-order valence-corrected chi connectivity index (χ4v) is 3.29. The van der Waals surface area contributed by atoms with Crippen molar-refractivity contribution in [3.05, 3.63) is 29.8 Å². The Morgan fingerprint density at radius 1 is 1.33 bits per heavy atom. The summed E-state index contributed by atoms with van der Waals surface area (Å²) in [4.78, 5) is 0. The highest BCUT2D eigenvalue weighted by Gasteiger charge is 2.36. The van der Waals surface area contributed by atoms with Crippen molar-refractivity contribution in [2.45, 2.75) is 31.6 Å². The average Bonchev–Trinajstić information content (AvgIpc) is 3.20. The molecule has 0 spiro atoms. The van der Waals surface area contributed by atoms with Crippen LogP contribution in [0, 0.1) is 5.92 Å². The summed E-state index contributed by atoms with van der Waals surface area (Å²) in [5.74, 6) is 1.12. The Balaban J connectivity index is 1.93. The number of nitrogens with one attached hydrogen (secondary N) is 1. The predicted octanol–water partition coefficient (Wildman–Crippen LogP) is 1.91. The summed E-state index contributed by atoms with van der Waals surface area (Å²) < 4.78 is 31.7. The molecule has 1 fully saturated rings. The minimum absolute atomic E-state index is 0.282. The first-order chi connectivity index (χ1) is 8.53. The SMILES string of the molecule is COc1ccc(CNS(=O)(=O)C(C)C2CC2)cc1. The minimum Gasteiger partial charge on any atom is -0.497 e. The van der Waals surface area contributed by atoms with Crippen LogP contribution in [0.4, 0.5) is 0 Å². The number of hydrogen-bond acceptors (Lipinski definition) is 3. The van der Waals surface area contributed by atoms with Crippen LogP contribution in [0.1, 0.15) is 25.3 Å². The van der Waals surface area contributed by atoms with E-state index in [1.54, 1.807) is 14.0 Å². The van der Waals surface area contributed by atoms with Crippen LogP contribution in [-0.4, -0.2) is 20.8 Å². The zero-order valence-corrected chi connectivity index (χ0v) is 11.5. The molecule has 5 heteroatoms. The average molecular weight is 269 g/mol. The van der Waals surface area contributed by atoms with Crippen molar-refractivity contribution in [2.24, 2.45) is 5.92 Å². The van der Waals surface area contributed by atoms with Gasteiger partial charge in [0.2, 0.25) is 10.0 Å². The highest BCUT2D eigenvalue weighted by atomic mass is 32.2. The van der Waals surface area contributed by atoms with Crippen LogP contribution in [0.2, 0.25) is 0 Å². The summed E-state index contributed by atoms with van der Waals surface area (Å²) in [6, 6.07) is 7.38. The van der Waals surface area contributed by atoms with Gasteiger partial charge in [-0.15, -0.1) is 0 Å². The molecule has 1 atom stereocenters. The first kappa shape index (κ1) is 13.4. The maximum absolute atomic E-state index is 12.0. The molecule has 1 saturated carbocycles. The van der Waals surface area contributed by atoms with Gasteiger partial charge in [0.25, 0.3) is 0 Å². The number of sulfonamides is 1.